The minimum Gasteiger partial charge on any atom is -0.492 e. The number of aliphatic imine (C=N–C) groups is 1. The molecule has 0 unspecified atom stereocenters. The molecule has 138 valence electrons. The largest absolute Gasteiger partial charge is 0.492 e. The minimum absolute atomic E-state index is 0. The lowest BCUT2D eigenvalue weighted by molar-refractivity contribution is 0.281. The Hall–Kier alpha value is -1.06. The number of hydrogen-bond donors (Lipinski definition) is 1. The van der Waals surface area contributed by atoms with Crippen LogP contribution in [0.4, 0.5) is 0 Å². The van der Waals surface area contributed by atoms with Crippen LogP contribution < -0.4 is 10.1 Å². The molecule has 1 aromatic heterocycles. The quantitative estimate of drug-likeness (QED) is 0.373. The van der Waals surface area contributed by atoms with Gasteiger partial charge in [0.25, 0.3) is 0 Å². The fraction of sp³-hybridized carbons (Fsp3) is 0.412. The van der Waals surface area contributed by atoms with E-state index in [9.17, 15) is 0 Å². The van der Waals surface area contributed by atoms with Gasteiger partial charge >= 0.3 is 0 Å². The second-order valence-electron chi connectivity index (χ2n) is 5.38. The third kappa shape index (κ3) is 6.99. The molecule has 1 heterocycles. The van der Waals surface area contributed by atoms with Gasteiger partial charge in [0.15, 0.2) is 5.96 Å². The van der Waals surface area contributed by atoms with E-state index >= 15 is 0 Å². The first-order valence-electron chi connectivity index (χ1n) is 7.72. The van der Waals surface area contributed by atoms with E-state index in [0.717, 1.165) is 22.4 Å². The van der Waals surface area contributed by atoms with E-state index in [1.54, 1.807) is 18.4 Å². The Balaban J connectivity index is 0.00000312. The summed E-state index contributed by atoms with van der Waals surface area (Å²) in [4.78, 5) is 12.1. The summed E-state index contributed by atoms with van der Waals surface area (Å²) < 4.78 is 5.71. The van der Waals surface area contributed by atoms with Crippen molar-refractivity contribution in [1.29, 1.82) is 0 Å². The van der Waals surface area contributed by atoms with Crippen molar-refractivity contribution in [3.63, 3.8) is 0 Å². The van der Waals surface area contributed by atoms with Crippen LogP contribution in [0.25, 0.3) is 0 Å². The van der Waals surface area contributed by atoms with Crippen LogP contribution >= 0.6 is 46.9 Å². The van der Waals surface area contributed by atoms with Crippen LogP contribution in [0.3, 0.4) is 0 Å². The van der Waals surface area contributed by atoms with E-state index in [-0.39, 0.29) is 24.0 Å². The Morgan fingerprint density at radius 2 is 2.16 bits per heavy atom. The second-order valence-corrected chi connectivity index (χ2v) is 7.10. The Kier molecular flexibility index (Phi) is 9.52. The topological polar surface area (TPSA) is 49.8 Å². The van der Waals surface area contributed by atoms with E-state index in [0.29, 0.717) is 24.7 Å². The molecule has 0 radical (unpaired) electrons. The molecule has 0 aliphatic heterocycles. The van der Waals surface area contributed by atoms with Crippen LogP contribution in [-0.4, -0.2) is 43.1 Å². The van der Waals surface area contributed by atoms with Crippen LogP contribution in [0.1, 0.15) is 15.6 Å². The van der Waals surface area contributed by atoms with Crippen molar-refractivity contribution < 1.29 is 4.74 Å². The first kappa shape index (κ1) is 22.0. The molecule has 0 saturated heterocycles. The molecule has 8 heteroatoms. The molecule has 5 nitrogen and oxygen atoms in total. The normalized spacial score (nSPS) is 11.0. The summed E-state index contributed by atoms with van der Waals surface area (Å²) in [5.74, 6) is 1.59. The van der Waals surface area contributed by atoms with E-state index in [1.165, 1.54) is 4.88 Å². The number of aromatic nitrogens is 1. The third-order valence-corrected chi connectivity index (χ3v) is 4.84. The third-order valence-electron chi connectivity index (χ3n) is 3.54. The summed E-state index contributed by atoms with van der Waals surface area (Å²) in [6.45, 7) is 6.05. The summed E-state index contributed by atoms with van der Waals surface area (Å²) in [6, 6.07) is 7.40. The molecule has 0 aliphatic rings. The van der Waals surface area contributed by atoms with Gasteiger partial charge < -0.3 is 15.0 Å². The molecule has 0 bridgehead atoms. The maximum Gasteiger partial charge on any atom is 0.193 e. The van der Waals surface area contributed by atoms with Gasteiger partial charge in [-0.3, -0.25) is 4.99 Å². The van der Waals surface area contributed by atoms with Crippen LogP contribution in [-0.2, 0) is 6.54 Å². The lowest BCUT2D eigenvalue weighted by atomic mass is 10.3. The Bertz CT molecular complexity index is 688. The fourth-order valence-electron chi connectivity index (χ4n) is 2.12. The smallest absolute Gasteiger partial charge is 0.193 e. The molecule has 25 heavy (non-hydrogen) atoms. The molecule has 0 saturated carbocycles. The van der Waals surface area contributed by atoms with Gasteiger partial charge in [0.05, 0.1) is 18.8 Å². The highest BCUT2D eigenvalue weighted by Crippen LogP contribution is 2.17. The van der Waals surface area contributed by atoms with Crippen molar-refractivity contribution in [2.24, 2.45) is 4.99 Å². The van der Waals surface area contributed by atoms with Crippen molar-refractivity contribution in [2.75, 3.05) is 27.2 Å². The predicted molar refractivity (Wildman–Crippen MR) is 117 cm³/mol. The lowest BCUT2D eigenvalue weighted by Gasteiger charge is -2.21. The van der Waals surface area contributed by atoms with Crippen molar-refractivity contribution in [1.82, 2.24) is 15.2 Å². The van der Waals surface area contributed by atoms with Gasteiger partial charge in [-0.05, 0) is 32.0 Å². The molecule has 0 amide bonds. The maximum absolute atomic E-state index is 5.95. The molecular formula is C17H24ClIN4OS. The summed E-state index contributed by atoms with van der Waals surface area (Å²) in [5.41, 5.74) is 1.09. The summed E-state index contributed by atoms with van der Waals surface area (Å²) in [6.07, 6.45) is 0. The first-order valence-corrected chi connectivity index (χ1v) is 8.92. The molecule has 2 aromatic rings. The molecule has 0 atom stereocenters. The van der Waals surface area contributed by atoms with Gasteiger partial charge in [0.2, 0.25) is 0 Å². The second kappa shape index (κ2) is 10.8. The number of rotatable bonds is 6. The number of benzene rings is 1. The molecule has 2 rings (SSSR count). The average molecular weight is 495 g/mol. The molecule has 0 aliphatic carbocycles. The van der Waals surface area contributed by atoms with Gasteiger partial charge in [-0.1, -0.05) is 17.7 Å². The van der Waals surface area contributed by atoms with Gasteiger partial charge in [-0.15, -0.1) is 35.3 Å². The molecule has 0 spiro atoms. The van der Waals surface area contributed by atoms with Crippen LogP contribution in [0, 0.1) is 13.8 Å². The Labute approximate surface area is 175 Å². The van der Waals surface area contributed by atoms with Crippen LogP contribution in [0.2, 0.25) is 5.02 Å². The first-order chi connectivity index (χ1) is 11.5. The summed E-state index contributed by atoms with van der Waals surface area (Å²) in [5, 5.41) is 5.07. The minimum atomic E-state index is 0. The van der Waals surface area contributed by atoms with Crippen molar-refractivity contribution in [2.45, 2.75) is 20.4 Å². The Morgan fingerprint density at radius 3 is 2.76 bits per heavy atom. The number of aryl methyl sites for hydroxylation is 2. The number of ether oxygens (including phenoxy) is 1. The number of thiazole rings is 1. The number of nitrogens with zero attached hydrogens (tertiary/aromatic N) is 3. The van der Waals surface area contributed by atoms with Gasteiger partial charge in [-0.25, -0.2) is 4.98 Å². The zero-order valence-corrected chi connectivity index (χ0v) is 18.8. The molecule has 0 fully saturated rings. The number of hydrogen-bond acceptors (Lipinski definition) is 4. The number of nitrogens with one attached hydrogen (secondary N) is 1. The number of halogens is 2. The highest BCUT2D eigenvalue weighted by atomic mass is 127. The van der Waals surface area contributed by atoms with Crippen molar-refractivity contribution in [3.05, 3.63) is 44.9 Å². The fourth-order valence-corrected chi connectivity index (χ4v) is 3.17. The van der Waals surface area contributed by atoms with Gasteiger partial charge in [-0.2, -0.15) is 0 Å². The summed E-state index contributed by atoms with van der Waals surface area (Å²) >= 11 is 7.66. The molecule has 1 N–H and O–H groups in total. The summed E-state index contributed by atoms with van der Waals surface area (Å²) in [7, 11) is 3.75. The van der Waals surface area contributed by atoms with Crippen LogP contribution in [0.5, 0.6) is 5.75 Å². The number of guanidine groups is 1. The van der Waals surface area contributed by atoms with E-state index in [2.05, 4.69) is 22.2 Å². The lowest BCUT2D eigenvalue weighted by Crippen LogP contribution is -2.40. The number of likely N-dealkylation sites (N-methyl/N-ethyl adjacent to an activating group) is 1. The highest BCUT2D eigenvalue weighted by Gasteiger charge is 2.08. The zero-order chi connectivity index (χ0) is 17.5. The van der Waals surface area contributed by atoms with E-state index in [1.807, 2.05) is 43.1 Å². The maximum atomic E-state index is 5.95. The van der Waals surface area contributed by atoms with E-state index in [4.69, 9.17) is 16.3 Å². The van der Waals surface area contributed by atoms with Gasteiger partial charge in [0.1, 0.15) is 17.4 Å². The van der Waals surface area contributed by atoms with Crippen LogP contribution in [0.15, 0.2) is 29.3 Å². The van der Waals surface area contributed by atoms with Crippen molar-refractivity contribution in [3.8, 4) is 5.75 Å². The van der Waals surface area contributed by atoms with E-state index < -0.39 is 0 Å². The highest BCUT2D eigenvalue weighted by molar-refractivity contribution is 14.0. The average Bonchev–Trinajstić information content (AvgIpc) is 2.86. The standard InChI is InChI=1S/C17H23ClN4OS.HI/c1-12-13(2)24-16(21-12)11-20-17(19-3)22(4)8-9-23-15-7-5-6-14(18)10-15;/h5-7,10H,8-9,11H2,1-4H3,(H,19,20);1H. The van der Waals surface area contributed by atoms with Gasteiger partial charge in [0, 0.05) is 24.0 Å². The Morgan fingerprint density at radius 1 is 1.40 bits per heavy atom. The zero-order valence-electron chi connectivity index (χ0n) is 14.9. The predicted octanol–water partition coefficient (Wildman–Crippen LogP) is 4.12. The monoisotopic (exact) mass is 494 g/mol. The molecular weight excluding hydrogens is 471 g/mol. The van der Waals surface area contributed by atoms with Crippen molar-refractivity contribution >= 4 is 52.9 Å². The SMILES string of the molecule is CN=C(NCc1nc(C)c(C)s1)N(C)CCOc1cccc(Cl)c1.I. The molecule has 1 aromatic carbocycles.